The normalized spacial score (nSPS) is 20.8. The zero-order valence-electron chi connectivity index (χ0n) is 16.6. The summed E-state index contributed by atoms with van der Waals surface area (Å²) in [5.41, 5.74) is 5.36. The van der Waals surface area contributed by atoms with Gasteiger partial charge in [-0.2, -0.15) is 0 Å². The monoisotopic (exact) mass is 386 g/mol. The fourth-order valence-electron chi connectivity index (χ4n) is 5.14. The van der Waals surface area contributed by atoms with Crippen LogP contribution in [0.25, 0.3) is 0 Å². The second-order valence-electron chi connectivity index (χ2n) is 8.28. The van der Waals surface area contributed by atoms with E-state index in [9.17, 15) is 9.59 Å². The number of anilines is 1. The molecule has 0 spiro atoms. The summed E-state index contributed by atoms with van der Waals surface area (Å²) in [5.74, 6) is 0.119. The van der Waals surface area contributed by atoms with E-state index in [1.807, 2.05) is 46.2 Å². The SMILES string of the molecule is O=C(CC1=C2CCCCC2N(Cc2ccccc2)C1=O)N1CCc2ccccc21. The molecule has 4 nitrogen and oxygen atoms in total. The van der Waals surface area contributed by atoms with E-state index in [2.05, 4.69) is 18.2 Å². The van der Waals surface area contributed by atoms with Gasteiger partial charge >= 0.3 is 0 Å². The Morgan fingerprint density at radius 3 is 2.62 bits per heavy atom. The molecule has 1 saturated carbocycles. The van der Waals surface area contributed by atoms with Gasteiger partial charge in [0.05, 0.1) is 12.5 Å². The highest BCUT2D eigenvalue weighted by molar-refractivity contribution is 6.06. The van der Waals surface area contributed by atoms with E-state index in [1.54, 1.807) is 0 Å². The van der Waals surface area contributed by atoms with Gasteiger partial charge in [-0.3, -0.25) is 9.59 Å². The Labute approximate surface area is 171 Å². The lowest BCUT2D eigenvalue weighted by molar-refractivity contribution is -0.129. The average Bonchev–Trinajstić information content (AvgIpc) is 3.30. The summed E-state index contributed by atoms with van der Waals surface area (Å²) in [6.45, 7) is 1.34. The third kappa shape index (κ3) is 3.27. The predicted molar refractivity (Wildman–Crippen MR) is 113 cm³/mol. The number of amides is 2. The highest BCUT2D eigenvalue weighted by Gasteiger charge is 2.41. The maximum atomic E-state index is 13.4. The number of hydrogen-bond donors (Lipinski definition) is 0. The van der Waals surface area contributed by atoms with Gasteiger partial charge < -0.3 is 9.80 Å². The van der Waals surface area contributed by atoms with E-state index < -0.39 is 0 Å². The Balaban J connectivity index is 1.39. The summed E-state index contributed by atoms with van der Waals surface area (Å²) >= 11 is 0. The maximum Gasteiger partial charge on any atom is 0.251 e. The highest BCUT2D eigenvalue weighted by atomic mass is 16.2. The van der Waals surface area contributed by atoms with Crippen LogP contribution in [0.15, 0.2) is 65.7 Å². The van der Waals surface area contributed by atoms with Gasteiger partial charge in [0.1, 0.15) is 0 Å². The van der Waals surface area contributed by atoms with Gasteiger partial charge in [-0.05, 0) is 48.4 Å². The van der Waals surface area contributed by atoms with Crippen LogP contribution in [-0.4, -0.2) is 29.3 Å². The van der Waals surface area contributed by atoms with Crippen LogP contribution in [0.3, 0.4) is 0 Å². The first-order valence-corrected chi connectivity index (χ1v) is 10.7. The molecule has 2 aromatic rings. The molecule has 2 aromatic carbocycles. The van der Waals surface area contributed by atoms with E-state index in [-0.39, 0.29) is 24.3 Å². The molecule has 0 bridgehead atoms. The standard InChI is InChI=1S/C25H26N2O2/c28-24(26-15-14-19-10-4-6-12-22(19)26)16-21-20-11-5-7-13-23(20)27(25(21)29)17-18-8-2-1-3-9-18/h1-4,6,8-10,12,23H,5,7,11,13-17H2. The Kier molecular flexibility index (Phi) is 4.70. The number of nitrogens with zero attached hydrogens (tertiary/aromatic N) is 2. The molecule has 0 saturated heterocycles. The zero-order chi connectivity index (χ0) is 19.8. The quantitative estimate of drug-likeness (QED) is 0.788. The van der Waals surface area contributed by atoms with Crippen LogP contribution < -0.4 is 4.90 Å². The fourth-order valence-corrected chi connectivity index (χ4v) is 5.14. The molecule has 1 atom stereocenters. The number of carbonyl (C=O) groups excluding carboxylic acids is 2. The van der Waals surface area contributed by atoms with Crippen LogP contribution in [0, 0.1) is 0 Å². The van der Waals surface area contributed by atoms with Crippen molar-refractivity contribution in [2.24, 2.45) is 0 Å². The highest BCUT2D eigenvalue weighted by Crippen LogP contribution is 2.39. The van der Waals surface area contributed by atoms with Gasteiger partial charge in [-0.15, -0.1) is 0 Å². The number of benzene rings is 2. The number of fused-ring (bicyclic) bond motifs is 2. The molecule has 4 heteroatoms. The van der Waals surface area contributed by atoms with Crippen molar-refractivity contribution in [2.45, 2.75) is 51.1 Å². The summed E-state index contributed by atoms with van der Waals surface area (Å²) < 4.78 is 0. The van der Waals surface area contributed by atoms with E-state index in [0.717, 1.165) is 48.9 Å². The van der Waals surface area contributed by atoms with Crippen molar-refractivity contribution in [1.29, 1.82) is 0 Å². The van der Waals surface area contributed by atoms with E-state index in [1.165, 1.54) is 11.1 Å². The number of para-hydroxylation sites is 1. The summed E-state index contributed by atoms with van der Waals surface area (Å²) in [6, 6.07) is 18.4. The van der Waals surface area contributed by atoms with Crippen LogP contribution in [-0.2, 0) is 22.6 Å². The summed E-state index contributed by atoms with van der Waals surface area (Å²) in [7, 11) is 0. The zero-order valence-corrected chi connectivity index (χ0v) is 16.6. The van der Waals surface area contributed by atoms with E-state index >= 15 is 0 Å². The molecule has 0 N–H and O–H groups in total. The van der Waals surface area contributed by atoms with Gasteiger partial charge in [0.15, 0.2) is 0 Å². The van der Waals surface area contributed by atoms with Crippen LogP contribution in [0.4, 0.5) is 5.69 Å². The van der Waals surface area contributed by atoms with Crippen LogP contribution in [0.5, 0.6) is 0 Å². The number of rotatable bonds is 4. The molecule has 2 heterocycles. The third-order valence-electron chi connectivity index (χ3n) is 6.57. The Bertz CT molecular complexity index is 979. The van der Waals surface area contributed by atoms with Crippen LogP contribution >= 0.6 is 0 Å². The molecule has 0 radical (unpaired) electrons. The van der Waals surface area contributed by atoms with Gasteiger partial charge in [-0.1, -0.05) is 55.0 Å². The molecule has 5 rings (SSSR count). The minimum absolute atomic E-state index is 0.0525. The Hall–Kier alpha value is -2.88. The molecule has 29 heavy (non-hydrogen) atoms. The van der Waals surface area contributed by atoms with Gasteiger partial charge in [-0.25, -0.2) is 0 Å². The molecular weight excluding hydrogens is 360 g/mol. The second-order valence-corrected chi connectivity index (χ2v) is 8.28. The van der Waals surface area contributed by atoms with Crippen molar-refractivity contribution in [3.63, 3.8) is 0 Å². The number of carbonyl (C=O) groups is 2. The van der Waals surface area contributed by atoms with Crippen LogP contribution in [0.1, 0.15) is 43.2 Å². The van der Waals surface area contributed by atoms with Crippen molar-refractivity contribution in [3.05, 3.63) is 76.9 Å². The van der Waals surface area contributed by atoms with Gasteiger partial charge in [0, 0.05) is 24.4 Å². The van der Waals surface area contributed by atoms with Crippen molar-refractivity contribution in [3.8, 4) is 0 Å². The molecule has 3 aliphatic rings. The minimum Gasteiger partial charge on any atom is -0.328 e. The molecule has 1 unspecified atom stereocenters. The topological polar surface area (TPSA) is 40.6 Å². The first-order valence-electron chi connectivity index (χ1n) is 10.7. The summed E-state index contributed by atoms with van der Waals surface area (Å²) in [6.07, 6.45) is 5.34. The van der Waals surface area contributed by atoms with Crippen LogP contribution in [0.2, 0.25) is 0 Å². The molecular formula is C25H26N2O2. The van der Waals surface area contributed by atoms with Crippen molar-refractivity contribution >= 4 is 17.5 Å². The molecule has 1 aliphatic carbocycles. The first-order chi connectivity index (χ1) is 14.2. The van der Waals surface area contributed by atoms with Crippen molar-refractivity contribution < 1.29 is 9.59 Å². The molecule has 148 valence electrons. The smallest absolute Gasteiger partial charge is 0.251 e. The van der Waals surface area contributed by atoms with Gasteiger partial charge in [0.25, 0.3) is 5.91 Å². The largest absolute Gasteiger partial charge is 0.328 e. The molecule has 2 aliphatic heterocycles. The Morgan fingerprint density at radius 1 is 0.966 bits per heavy atom. The molecule has 2 amide bonds. The average molecular weight is 386 g/mol. The van der Waals surface area contributed by atoms with E-state index in [4.69, 9.17) is 0 Å². The lowest BCUT2D eigenvalue weighted by atomic mass is 9.88. The second kappa shape index (κ2) is 7.51. The third-order valence-corrected chi connectivity index (χ3v) is 6.57. The summed E-state index contributed by atoms with van der Waals surface area (Å²) in [5, 5.41) is 0. The minimum atomic E-state index is 0.0525. The van der Waals surface area contributed by atoms with Gasteiger partial charge in [0.2, 0.25) is 5.91 Å². The predicted octanol–water partition coefficient (Wildman–Crippen LogP) is 4.25. The Morgan fingerprint density at radius 2 is 1.76 bits per heavy atom. The molecule has 1 fully saturated rings. The maximum absolute atomic E-state index is 13.4. The number of hydrogen-bond acceptors (Lipinski definition) is 2. The fraction of sp³-hybridized carbons (Fsp3) is 0.360. The first kappa shape index (κ1) is 18.2. The lowest BCUT2D eigenvalue weighted by Crippen LogP contribution is -2.36. The summed E-state index contributed by atoms with van der Waals surface area (Å²) in [4.78, 5) is 30.4. The molecule has 0 aromatic heterocycles. The van der Waals surface area contributed by atoms with Crippen molar-refractivity contribution in [1.82, 2.24) is 4.90 Å². The van der Waals surface area contributed by atoms with E-state index in [0.29, 0.717) is 13.1 Å². The lowest BCUT2D eigenvalue weighted by Gasteiger charge is -2.30. The van der Waals surface area contributed by atoms with Crippen molar-refractivity contribution in [2.75, 3.05) is 11.4 Å².